The Bertz CT molecular complexity index is 1780. The Hall–Kier alpha value is -4.34. The van der Waals surface area contributed by atoms with E-state index in [2.05, 4.69) is 52.4 Å². The van der Waals surface area contributed by atoms with E-state index in [-0.39, 0.29) is 29.6 Å². The van der Waals surface area contributed by atoms with Crippen LogP contribution in [0, 0.1) is 0 Å². The van der Waals surface area contributed by atoms with Crippen molar-refractivity contribution < 1.29 is 19.1 Å². The van der Waals surface area contributed by atoms with Gasteiger partial charge in [-0.3, -0.25) is 0 Å². The van der Waals surface area contributed by atoms with Crippen molar-refractivity contribution in [2.75, 3.05) is 19.6 Å². The van der Waals surface area contributed by atoms with Gasteiger partial charge in [0, 0.05) is 31.6 Å². The van der Waals surface area contributed by atoms with Crippen LogP contribution < -0.4 is 0 Å². The van der Waals surface area contributed by atoms with Gasteiger partial charge in [0.1, 0.15) is 22.9 Å². The van der Waals surface area contributed by atoms with Gasteiger partial charge in [0.25, 0.3) is 0 Å². The number of ether oxygens (including phenoxy) is 2. The number of nitrogens with one attached hydrogen (secondary N) is 2. The third kappa shape index (κ3) is 5.85. The molecule has 2 aliphatic heterocycles. The second-order valence-corrected chi connectivity index (χ2v) is 15.1. The zero-order valence-corrected chi connectivity index (χ0v) is 27.6. The number of nitrogens with zero attached hydrogens (tertiary/aromatic N) is 4. The second-order valence-electron chi connectivity index (χ2n) is 15.1. The van der Waals surface area contributed by atoms with E-state index in [1.807, 2.05) is 52.6 Å². The van der Waals surface area contributed by atoms with Crippen LogP contribution in [-0.4, -0.2) is 78.8 Å². The van der Waals surface area contributed by atoms with Crippen molar-refractivity contribution in [2.24, 2.45) is 0 Å². The van der Waals surface area contributed by atoms with E-state index in [4.69, 9.17) is 19.4 Å². The quantitative estimate of drug-likeness (QED) is 0.245. The van der Waals surface area contributed by atoms with Gasteiger partial charge in [-0.05, 0) is 96.0 Å². The summed E-state index contributed by atoms with van der Waals surface area (Å²) >= 11 is 0. The van der Waals surface area contributed by atoms with Crippen molar-refractivity contribution >= 4 is 23.2 Å². The van der Waals surface area contributed by atoms with Crippen LogP contribution in [0.3, 0.4) is 0 Å². The first-order chi connectivity index (χ1) is 21.8. The number of amides is 2. The molecule has 10 nitrogen and oxygen atoms in total. The molecular weight excluding hydrogens is 580 g/mol. The number of aromatic nitrogens is 4. The summed E-state index contributed by atoms with van der Waals surface area (Å²) in [6.45, 7) is 13.4. The lowest BCUT2D eigenvalue weighted by Crippen LogP contribution is -2.44. The highest BCUT2D eigenvalue weighted by Crippen LogP contribution is 2.56. The smallest absolute Gasteiger partial charge is 0.410 e. The average Bonchev–Trinajstić information content (AvgIpc) is 3.39. The number of hydrogen-bond acceptors (Lipinski definition) is 6. The van der Waals surface area contributed by atoms with Gasteiger partial charge in [-0.15, -0.1) is 0 Å². The molecule has 4 heterocycles. The van der Waals surface area contributed by atoms with Crippen LogP contribution in [0.15, 0.2) is 48.7 Å². The molecule has 0 radical (unpaired) electrons. The molecule has 10 heteroatoms. The highest BCUT2D eigenvalue weighted by molar-refractivity contribution is 5.82. The number of likely N-dealkylation sites (tertiary alicyclic amines) is 2. The summed E-state index contributed by atoms with van der Waals surface area (Å²) in [5.41, 5.74) is 5.03. The molecule has 46 heavy (non-hydrogen) atoms. The van der Waals surface area contributed by atoms with Crippen molar-refractivity contribution in [3.8, 4) is 22.4 Å². The fourth-order valence-corrected chi connectivity index (χ4v) is 7.04. The lowest BCUT2D eigenvalue weighted by atomic mass is 9.95. The molecule has 2 unspecified atom stereocenters. The normalized spacial score (nSPS) is 23.0. The van der Waals surface area contributed by atoms with Crippen molar-refractivity contribution in [2.45, 2.75) is 95.8 Å². The Kier molecular flexibility index (Phi) is 7.17. The maximum Gasteiger partial charge on any atom is 0.410 e. The Morgan fingerprint density at radius 2 is 1.59 bits per heavy atom. The minimum Gasteiger partial charge on any atom is -0.444 e. The highest BCUT2D eigenvalue weighted by Gasteiger charge is 2.63. The SMILES string of the molecule is CC(C)(C)OC(=O)N1CCC(c2nc3ccc(-c4ccc(-c5cnc([C@]67CCCN(C(=O)OC(C)(C)C)C6C7)[nH]5)cc4)cc3[nH]2)C1. The summed E-state index contributed by atoms with van der Waals surface area (Å²) < 4.78 is 11.2. The van der Waals surface area contributed by atoms with Gasteiger partial charge >= 0.3 is 12.2 Å². The van der Waals surface area contributed by atoms with Crippen molar-refractivity contribution in [3.05, 3.63) is 60.3 Å². The van der Waals surface area contributed by atoms with Crippen LogP contribution in [-0.2, 0) is 14.9 Å². The van der Waals surface area contributed by atoms with Gasteiger partial charge in [0.15, 0.2) is 0 Å². The van der Waals surface area contributed by atoms with Crippen LogP contribution in [0.25, 0.3) is 33.4 Å². The molecule has 2 aromatic heterocycles. The third-order valence-electron chi connectivity index (χ3n) is 9.36. The van der Waals surface area contributed by atoms with Gasteiger partial charge in [0.05, 0.1) is 28.3 Å². The molecular formula is C36H44N6O4. The summed E-state index contributed by atoms with van der Waals surface area (Å²) in [5, 5.41) is 0. The molecule has 7 rings (SSSR count). The van der Waals surface area contributed by atoms with Crippen LogP contribution in [0.5, 0.6) is 0 Å². The maximum atomic E-state index is 12.9. The predicted molar refractivity (Wildman–Crippen MR) is 177 cm³/mol. The molecule has 3 fully saturated rings. The fraction of sp³-hybridized carbons (Fsp3) is 0.500. The molecule has 2 amide bonds. The lowest BCUT2D eigenvalue weighted by molar-refractivity contribution is 0.0180. The molecule has 1 saturated carbocycles. The number of carbonyl (C=O) groups is 2. The Balaban J connectivity index is 1.03. The van der Waals surface area contributed by atoms with E-state index < -0.39 is 11.2 Å². The number of H-pyrrole nitrogens is 2. The van der Waals surface area contributed by atoms with Crippen LogP contribution in [0.1, 0.15) is 84.8 Å². The van der Waals surface area contributed by atoms with E-state index in [1.165, 1.54) is 0 Å². The Morgan fingerprint density at radius 1 is 0.891 bits per heavy atom. The van der Waals surface area contributed by atoms with E-state index >= 15 is 0 Å². The van der Waals surface area contributed by atoms with E-state index in [9.17, 15) is 9.59 Å². The Morgan fingerprint density at radius 3 is 2.33 bits per heavy atom. The number of fused-ring (bicyclic) bond motifs is 2. The number of carbonyl (C=O) groups excluding carboxylic acids is 2. The summed E-state index contributed by atoms with van der Waals surface area (Å²) in [6, 6.07) is 14.9. The Labute approximate surface area is 269 Å². The van der Waals surface area contributed by atoms with Crippen LogP contribution in [0.4, 0.5) is 9.59 Å². The minimum absolute atomic E-state index is 0.113. The summed E-state index contributed by atoms with van der Waals surface area (Å²) in [6.07, 6.45) is 5.14. The second kappa shape index (κ2) is 10.9. The molecule has 2 saturated heterocycles. The molecule has 4 aromatic rings. The van der Waals surface area contributed by atoms with Crippen LogP contribution in [0.2, 0.25) is 0 Å². The zero-order chi connectivity index (χ0) is 32.4. The van der Waals surface area contributed by atoms with Crippen LogP contribution >= 0.6 is 0 Å². The fourth-order valence-electron chi connectivity index (χ4n) is 7.04. The molecule has 2 aromatic carbocycles. The van der Waals surface area contributed by atoms with E-state index in [0.717, 1.165) is 77.3 Å². The predicted octanol–water partition coefficient (Wildman–Crippen LogP) is 7.39. The van der Waals surface area contributed by atoms with Gasteiger partial charge in [-0.25, -0.2) is 19.6 Å². The number of rotatable bonds is 4. The maximum absolute atomic E-state index is 12.9. The third-order valence-corrected chi connectivity index (χ3v) is 9.36. The van der Waals surface area contributed by atoms with E-state index in [0.29, 0.717) is 13.1 Å². The number of piperidine rings is 1. The average molecular weight is 625 g/mol. The number of benzene rings is 2. The van der Waals surface area contributed by atoms with Gasteiger partial charge in [0.2, 0.25) is 0 Å². The topological polar surface area (TPSA) is 116 Å². The standard InChI is InChI=1S/C36H44N6O4/c1-34(2,3)45-32(43)41-17-14-25(21-41)30-38-26-13-12-24(18-27(26)39-30)22-8-10-23(11-9-22)28-20-37-31(40-28)36-15-7-16-42(29(36)19-36)33(44)46-35(4,5)6/h8-13,18,20,25,29H,7,14-17,19,21H2,1-6H3,(H,37,40)(H,38,39)/t25?,29?,36-/m0/s1. The molecule has 0 bridgehead atoms. The molecule has 2 N–H and O–H groups in total. The van der Waals surface area contributed by atoms with Crippen molar-refractivity contribution in [1.82, 2.24) is 29.7 Å². The highest BCUT2D eigenvalue weighted by atomic mass is 16.6. The first kappa shape index (κ1) is 30.3. The molecule has 3 atom stereocenters. The van der Waals surface area contributed by atoms with Gasteiger partial charge < -0.3 is 29.2 Å². The molecule has 0 spiro atoms. The number of hydrogen-bond donors (Lipinski definition) is 2. The monoisotopic (exact) mass is 624 g/mol. The van der Waals surface area contributed by atoms with Crippen molar-refractivity contribution in [1.29, 1.82) is 0 Å². The molecule has 1 aliphatic carbocycles. The van der Waals surface area contributed by atoms with Crippen molar-refractivity contribution in [3.63, 3.8) is 0 Å². The first-order valence-corrected chi connectivity index (χ1v) is 16.4. The summed E-state index contributed by atoms with van der Waals surface area (Å²) in [4.78, 5) is 45.8. The lowest BCUT2D eigenvalue weighted by Gasteiger charge is -2.33. The summed E-state index contributed by atoms with van der Waals surface area (Å²) in [7, 11) is 0. The minimum atomic E-state index is -0.508. The number of imidazole rings is 2. The molecule has 242 valence electrons. The van der Waals surface area contributed by atoms with E-state index in [1.54, 1.807) is 4.90 Å². The molecule has 3 aliphatic rings. The largest absolute Gasteiger partial charge is 0.444 e. The number of aromatic amines is 2. The zero-order valence-electron chi connectivity index (χ0n) is 27.6. The van der Waals surface area contributed by atoms with Gasteiger partial charge in [-0.2, -0.15) is 0 Å². The summed E-state index contributed by atoms with van der Waals surface area (Å²) in [5.74, 6) is 2.02. The van der Waals surface area contributed by atoms with Gasteiger partial charge in [-0.1, -0.05) is 30.3 Å². The first-order valence-electron chi connectivity index (χ1n) is 16.4.